The SMILES string of the molecule is O=C(CSc1nnc(C2CC2)n1Cc1ccccc1)N1CCN(c2ccccc2[N+](=O)[O-])CC1. The van der Waals surface area contributed by atoms with E-state index in [0.717, 1.165) is 23.8 Å². The third kappa shape index (κ3) is 4.91. The second-order valence-electron chi connectivity index (χ2n) is 8.59. The van der Waals surface area contributed by atoms with E-state index in [1.165, 1.54) is 23.4 Å². The number of nitro groups is 1. The fourth-order valence-electron chi connectivity index (χ4n) is 4.27. The highest BCUT2D eigenvalue weighted by molar-refractivity contribution is 7.99. The monoisotopic (exact) mass is 478 g/mol. The fraction of sp³-hybridized carbons (Fsp3) is 0.375. The van der Waals surface area contributed by atoms with E-state index in [4.69, 9.17) is 0 Å². The summed E-state index contributed by atoms with van der Waals surface area (Å²) < 4.78 is 2.15. The van der Waals surface area contributed by atoms with E-state index in [9.17, 15) is 14.9 Å². The van der Waals surface area contributed by atoms with Crippen molar-refractivity contribution in [2.75, 3.05) is 36.8 Å². The second kappa shape index (κ2) is 9.84. The molecular weight excluding hydrogens is 452 g/mol. The summed E-state index contributed by atoms with van der Waals surface area (Å²) in [6.45, 7) is 2.91. The lowest BCUT2D eigenvalue weighted by Gasteiger charge is -2.35. The van der Waals surface area contributed by atoms with Crippen LogP contribution in [0.1, 0.15) is 30.1 Å². The van der Waals surface area contributed by atoms with E-state index in [-0.39, 0.29) is 16.5 Å². The van der Waals surface area contributed by atoms with Gasteiger partial charge in [0.15, 0.2) is 5.16 Å². The molecule has 0 unspecified atom stereocenters. The molecular formula is C24H26N6O3S. The van der Waals surface area contributed by atoms with Crippen molar-refractivity contribution in [1.82, 2.24) is 19.7 Å². The number of benzene rings is 2. The van der Waals surface area contributed by atoms with Gasteiger partial charge >= 0.3 is 0 Å². The van der Waals surface area contributed by atoms with Crippen LogP contribution in [0.5, 0.6) is 0 Å². The number of rotatable bonds is 8. The van der Waals surface area contributed by atoms with Crippen LogP contribution in [0.25, 0.3) is 0 Å². The molecule has 9 nitrogen and oxygen atoms in total. The number of amides is 1. The predicted molar refractivity (Wildman–Crippen MR) is 130 cm³/mol. The molecule has 0 bridgehead atoms. The van der Waals surface area contributed by atoms with Crippen LogP contribution in [0.3, 0.4) is 0 Å². The Balaban J connectivity index is 1.20. The summed E-state index contributed by atoms with van der Waals surface area (Å²) in [6, 6.07) is 17.0. The zero-order valence-electron chi connectivity index (χ0n) is 18.7. The van der Waals surface area contributed by atoms with Crippen LogP contribution in [0, 0.1) is 10.1 Å². The van der Waals surface area contributed by atoms with E-state index < -0.39 is 0 Å². The summed E-state index contributed by atoms with van der Waals surface area (Å²) in [4.78, 5) is 27.7. The topological polar surface area (TPSA) is 97.4 Å². The highest BCUT2D eigenvalue weighted by Crippen LogP contribution is 2.40. The zero-order valence-corrected chi connectivity index (χ0v) is 19.6. The van der Waals surface area contributed by atoms with Crippen molar-refractivity contribution in [2.45, 2.75) is 30.5 Å². The number of hydrogen-bond acceptors (Lipinski definition) is 7. The average Bonchev–Trinajstić information content (AvgIpc) is 3.64. The molecule has 176 valence electrons. The first-order valence-corrected chi connectivity index (χ1v) is 12.4. The van der Waals surface area contributed by atoms with Gasteiger partial charge in [-0.1, -0.05) is 54.2 Å². The van der Waals surface area contributed by atoms with Gasteiger partial charge < -0.3 is 14.4 Å². The minimum absolute atomic E-state index is 0.0504. The lowest BCUT2D eigenvalue weighted by Crippen LogP contribution is -2.49. The lowest BCUT2D eigenvalue weighted by molar-refractivity contribution is -0.384. The van der Waals surface area contributed by atoms with Crippen LogP contribution in [-0.4, -0.2) is 62.4 Å². The Hall–Kier alpha value is -3.40. The van der Waals surface area contributed by atoms with Crippen molar-refractivity contribution in [2.24, 2.45) is 0 Å². The van der Waals surface area contributed by atoms with Gasteiger partial charge in [-0.15, -0.1) is 10.2 Å². The number of thioether (sulfide) groups is 1. The molecule has 2 heterocycles. The van der Waals surface area contributed by atoms with Gasteiger partial charge in [-0.25, -0.2) is 0 Å². The Morgan fingerprint density at radius 1 is 1.00 bits per heavy atom. The first-order valence-electron chi connectivity index (χ1n) is 11.5. The molecule has 34 heavy (non-hydrogen) atoms. The molecule has 3 aromatic rings. The number of nitrogens with zero attached hydrogens (tertiary/aromatic N) is 6. The summed E-state index contributed by atoms with van der Waals surface area (Å²) in [6.07, 6.45) is 2.28. The molecule has 2 aliphatic rings. The van der Waals surface area contributed by atoms with Crippen LogP contribution < -0.4 is 4.90 Å². The molecule has 0 radical (unpaired) electrons. The Bertz CT molecular complexity index is 1170. The molecule has 0 atom stereocenters. The van der Waals surface area contributed by atoms with Crippen LogP contribution >= 0.6 is 11.8 Å². The average molecular weight is 479 g/mol. The van der Waals surface area contributed by atoms with E-state index in [1.54, 1.807) is 18.2 Å². The van der Waals surface area contributed by atoms with Gasteiger partial charge in [-0.3, -0.25) is 14.9 Å². The normalized spacial score (nSPS) is 16.0. The number of nitro benzene ring substituents is 1. The van der Waals surface area contributed by atoms with Crippen LogP contribution in [0.4, 0.5) is 11.4 Å². The minimum Gasteiger partial charge on any atom is -0.362 e. The number of para-hydroxylation sites is 2. The van der Waals surface area contributed by atoms with Gasteiger partial charge in [-0.2, -0.15) is 0 Å². The minimum atomic E-state index is -0.356. The van der Waals surface area contributed by atoms with E-state index >= 15 is 0 Å². The second-order valence-corrected chi connectivity index (χ2v) is 9.53. The van der Waals surface area contributed by atoms with Gasteiger partial charge in [0.05, 0.1) is 17.2 Å². The maximum Gasteiger partial charge on any atom is 0.292 e. The molecule has 1 saturated heterocycles. The van der Waals surface area contributed by atoms with Gasteiger partial charge in [-0.05, 0) is 24.5 Å². The van der Waals surface area contributed by atoms with Gasteiger partial charge in [0.25, 0.3) is 5.69 Å². The third-order valence-corrected chi connectivity index (χ3v) is 7.20. The molecule has 10 heteroatoms. The first kappa shape index (κ1) is 22.4. The highest BCUT2D eigenvalue weighted by Gasteiger charge is 2.31. The number of piperazine rings is 1. The van der Waals surface area contributed by atoms with E-state index in [0.29, 0.717) is 50.1 Å². The van der Waals surface area contributed by atoms with Crippen LogP contribution in [0.15, 0.2) is 59.8 Å². The third-order valence-electron chi connectivity index (χ3n) is 6.25. The summed E-state index contributed by atoms with van der Waals surface area (Å²) in [5.41, 5.74) is 1.89. The number of aromatic nitrogens is 3. The molecule has 0 N–H and O–H groups in total. The number of anilines is 1. The maximum atomic E-state index is 12.9. The molecule has 1 aliphatic heterocycles. The Kier molecular flexibility index (Phi) is 6.48. The molecule has 1 saturated carbocycles. The molecule has 5 rings (SSSR count). The van der Waals surface area contributed by atoms with E-state index in [2.05, 4.69) is 26.9 Å². The first-order chi connectivity index (χ1) is 16.6. The predicted octanol–water partition coefficient (Wildman–Crippen LogP) is 3.55. The van der Waals surface area contributed by atoms with Crippen molar-refractivity contribution < 1.29 is 9.72 Å². The van der Waals surface area contributed by atoms with Crippen molar-refractivity contribution in [3.05, 3.63) is 76.1 Å². The van der Waals surface area contributed by atoms with Crippen molar-refractivity contribution in [3.8, 4) is 0 Å². The molecule has 2 fully saturated rings. The quantitative estimate of drug-likeness (QED) is 0.277. The fourth-order valence-corrected chi connectivity index (χ4v) is 5.11. The van der Waals surface area contributed by atoms with Crippen LogP contribution in [0.2, 0.25) is 0 Å². The Morgan fingerprint density at radius 3 is 2.41 bits per heavy atom. The molecule has 1 aliphatic carbocycles. The summed E-state index contributed by atoms with van der Waals surface area (Å²) in [5, 5.41) is 21.0. The number of carbonyl (C=O) groups excluding carboxylic acids is 1. The zero-order chi connectivity index (χ0) is 23.5. The largest absolute Gasteiger partial charge is 0.362 e. The standard InChI is InChI=1S/C24H26N6O3S/c31-22(28-14-12-27(13-15-28)20-8-4-5-9-21(20)30(32)33)17-34-24-26-25-23(19-10-11-19)29(24)16-18-6-2-1-3-7-18/h1-9,19H,10-17H2. The Morgan fingerprint density at radius 2 is 1.71 bits per heavy atom. The molecule has 2 aromatic carbocycles. The number of hydrogen-bond donors (Lipinski definition) is 0. The summed E-state index contributed by atoms with van der Waals surface area (Å²) in [5.74, 6) is 1.82. The lowest BCUT2D eigenvalue weighted by atomic mass is 10.2. The van der Waals surface area contributed by atoms with Gasteiger partial charge in [0.2, 0.25) is 5.91 Å². The Labute approximate surface area is 201 Å². The maximum absolute atomic E-state index is 12.9. The summed E-state index contributed by atoms with van der Waals surface area (Å²) >= 11 is 1.43. The van der Waals surface area contributed by atoms with Gasteiger partial charge in [0, 0.05) is 38.2 Å². The summed E-state index contributed by atoms with van der Waals surface area (Å²) in [7, 11) is 0. The van der Waals surface area contributed by atoms with Gasteiger partial charge in [0.1, 0.15) is 11.5 Å². The smallest absolute Gasteiger partial charge is 0.292 e. The van der Waals surface area contributed by atoms with Crippen LogP contribution in [-0.2, 0) is 11.3 Å². The molecule has 0 spiro atoms. The highest BCUT2D eigenvalue weighted by atomic mass is 32.2. The number of carbonyl (C=O) groups is 1. The van der Waals surface area contributed by atoms with E-state index in [1.807, 2.05) is 28.0 Å². The molecule has 1 amide bonds. The van der Waals surface area contributed by atoms with Crippen molar-refractivity contribution in [1.29, 1.82) is 0 Å². The van der Waals surface area contributed by atoms with Crippen molar-refractivity contribution in [3.63, 3.8) is 0 Å². The molecule has 1 aromatic heterocycles. The van der Waals surface area contributed by atoms with Crippen molar-refractivity contribution >= 4 is 29.0 Å².